The second kappa shape index (κ2) is 3.62. The third-order valence-electron chi connectivity index (χ3n) is 2.83. The standard InChI is InChI=1S/C9H15NO5/c1-6-5-14-9(15-6)2-3-10(8(12)13)7(11)4-9/h6-7,11H,2-5H2,1H3,(H,12,13). The predicted molar refractivity (Wildman–Crippen MR) is 49.2 cm³/mol. The zero-order valence-corrected chi connectivity index (χ0v) is 8.55. The van der Waals surface area contributed by atoms with E-state index in [9.17, 15) is 9.90 Å². The van der Waals surface area contributed by atoms with Crippen LogP contribution in [0.25, 0.3) is 0 Å². The normalized spacial score (nSPS) is 41.1. The Morgan fingerprint density at radius 2 is 2.33 bits per heavy atom. The largest absolute Gasteiger partial charge is 0.465 e. The van der Waals surface area contributed by atoms with Gasteiger partial charge in [0, 0.05) is 19.4 Å². The van der Waals surface area contributed by atoms with Gasteiger partial charge in [-0.1, -0.05) is 0 Å². The molecule has 1 spiro atoms. The maximum absolute atomic E-state index is 10.7. The fourth-order valence-electron chi connectivity index (χ4n) is 2.10. The summed E-state index contributed by atoms with van der Waals surface area (Å²) >= 11 is 0. The van der Waals surface area contributed by atoms with Gasteiger partial charge in [0.15, 0.2) is 5.79 Å². The lowest BCUT2D eigenvalue weighted by Gasteiger charge is -2.39. The van der Waals surface area contributed by atoms with Crippen molar-refractivity contribution in [3.05, 3.63) is 0 Å². The van der Waals surface area contributed by atoms with Gasteiger partial charge in [0.1, 0.15) is 6.23 Å². The van der Waals surface area contributed by atoms with Crippen LogP contribution in [0.3, 0.4) is 0 Å². The Kier molecular flexibility index (Phi) is 2.57. The van der Waals surface area contributed by atoms with Crippen molar-refractivity contribution in [1.29, 1.82) is 0 Å². The summed E-state index contributed by atoms with van der Waals surface area (Å²) in [5.74, 6) is -0.773. The maximum Gasteiger partial charge on any atom is 0.409 e. The molecule has 6 heteroatoms. The lowest BCUT2D eigenvalue weighted by molar-refractivity contribution is -0.223. The molecule has 2 aliphatic heterocycles. The van der Waals surface area contributed by atoms with Crippen LogP contribution >= 0.6 is 0 Å². The van der Waals surface area contributed by atoms with Crippen LogP contribution in [0.2, 0.25) is 0 Å². The monoisotopic (exact) mass is 217 g/mol. The maximum atomic E-state index is 10.7. The van der Waals surface area contributed by atoms with E-state index < -0.39 is 18.1 Å². The molecular weight excluding hydrogens is 202 g/mol. The number of aliphatic hydroxyl groups is 1. The van der Waals surface area contributed by atoms with Crippen LogP contribution in [0.4, 0.5) is 4.79 Å². The van der Waals surface area contributed by atoms with Crippen LogP contribution in [0.5, 0.6) is 0 Å². The smallest absolute Gasteiger partial charge is 0.409 e. The van der Waals surface area contributed by atoms with E-state index in [1.54, 1.807) is 0 Å². The Morgan fingerprint density at radius 1 is 1.60 bits per heavy atom. The highest BCUT2D eigenvalue weighted by Crippen LogP contribution is 2.35. The molecule has 15 heavy (non-hydrogen) atoms. The van der Waals surface area contributed by atoms with Gasteiger partial charge in [0.25, 0.3) is 0 Å². The van der Waals surface area contributed by atoms with Crippen LogP contribution in [0.15, 0.2) is 0 Å². The number of carbonyl (C=O) groups is 1. The number of hydrogen-bond donors (Lipinski definition) is 2. The van der Waals surface area contributed by atoms with E-state index in [0.717, 1.165) is 4.90 Å². The fraction of sp³-hybridized carbons (Fsp3) is 0.889. The minimum atomic E-state index is -1.11. The van der Waals surface area contributed by atoms with Crippen molar-refractivity contribution in [1.82, 2.24) is 4.90 Å². The molecule has 3 atom stereocenters. The summed E-state index contributed by atoms with van der Waals surface area (Å²) in [5.41, 5.74) is 0. The molecule has 6 nitrogen and oxygen atoms in total. The van der Waals surface area contributed by atoms with Crippen molar-refractivity contribution in [3.8, 4) is 0 Å². The molecule has 2 rings (SSSR count). The summed E-state index contributed by atoms with van der Waals surface area (Å²) in [5, 5.41) is 18.4. The van der Waals surface area contributed by atoms with Gasteiger partial charge in [-0.15, -0.1) is 0 Å². The lowest BCUT2D eigenvalue weighted by atomic mass is 10.0. The molecular formula is C9H15NO5. The summed E-state index contributed by atoms with van der Waals surface area (Å²) in [6.45, 7) is 2.63. The van der Waals surface area contributed by atoms with Crippen LogP contribution in [-0.4, -0.2) is 52.5 Å². The van der Waals surface area contributed by atoms with Gasteiger partial charge in [-0.3, -0.25) is 4.90 Å². The van der Waals surface area contributed by atoms with E-state index in [1.165, 1.54) is 0 Å². The van der Waals surface area contributed by atoms with Gasteiger partial charge in [-0.25, -0.2) is 4.79 Å². The minimum absolute atomic E-state index is 0.00794. The molecule has 0 aromatic heterocycles. The third-order valence-corrected chi connectivity index (χ3v) is 2.83. The second-order valence-corrected chi connectivity index (χ2v) is 4.06. The van der Waals surface area contributed by atoms with Gasteiger partial charge in [0.2, 0.25) is 0 Å². The Labute approximate surface area is 87.4 Å². The van der Waals surface area contributed by atoms with E-state index in [0.29, 0.717) is 13.0 Å². The van der Waals surface area contributed by atoms with Crippen molar-refractivity contribution >= 4 is 6.09 Å². The van der Waals surface area contributed by atoms with E-state index >= 15 is 0 Å². The summed E-state index contributed by atoms with van der Waals surface area (Å²) in [4.78, 5) is 11.7. The third kappa shape index (κ3) is 1.92. The number of amides is 1. The Bertz CT molecular complexity index is 271. The quantitative estimate of drug-likeness (QED) is 0.606. The fourth-order valence-corrected chi connectivity index (χ4v) is 2.10. The van der Waals surface area contributed by atoms with Gasteiger partial charge < -0.3 is 19.7 Å². The molecule has 3 unspecified atom stereocenters. The Morgan fingerprint density at radius 3 is 2.80 bits per heavy atom. The number of nitrogens with zero attached hydrogens (tertiary/aromatic N) is 1. The number of likely N-dealkylation sites (tertiary alicyclic amines) is 1. The molecule has 86 valence electrons. The van der Waals surface area contributed by atoms with E-state index in [1.807, 2.05) is 6.92 Å². The first-order chi connectivity index (χ1) is 7.02. The number of piperidine rings is 1. The van der Waals surface area contributed by atoms with Gasteiger partial charge >= 0.3 is 6.09 Å². The van der Waals surface area contributed by atoms with Gasteiger partial charge in [0.05, 0.1) is 12.7 Å². The number of hydrogen-bond acceptors (Lipinski definition) is 4. The second-order valence-electron chi connectivity index (χ2n) is 4.06. The first-order valence-electron chi connectivity index (χ1n) is 5.02. The van der Waals surface area contributed by atoms with Gasteiger partial charge in [-0.2, -0.15) is 0 Å². The molecule has 1 amide bonds. The molecule has 0 saturated carbocycles. The Hall–Kier alpha value is -0.850. The first-order valence-corrected chi connectivity index (χ1v) is 5.02. The molecule has 2 heterocycles. The average Bonchev–Trinajstić information content (AvgIpc) is 2.46. The predicted octanol–water partition coefficient (Wildman–Crippen LogP) is 0.210. The zero-order valence-electron chi connectivity index (χ0n) is 8.55. The molecule has 0 aromatic rings. The van der Waals surface area contributed by atoms with Crippen LogP contribution in [-0.2, 0) is 9.47 Å². The Balaban J connectivity index is 2.02. The molecule has 2 fully saturated rings. The van der Waals surface area contributed by atoms with Crippen LogP contribution in [0.1, 0.15) is 19.8 Å². The van der Waals surface area contributed by atoms with Crippen LogP contribution < -0.4 is 0 Å². The first kappa shape index (κ1) is 10.7. The number of aliphatic hydroxyl groups excluding tert-OH is 1. The molecule has 0 bridgehead atoms. The van der Waals surface area contributed by atoms with Crippen molar-refractivity contribution in [3.63, 3.8) is 0 Å². The van der Waals surface area contributed by atoms with Gasteiger partial charge in [-0.05, 0) is 6.92 Å². The van der Waals surface area contributed by atoms with E-state index in [4.69, 9.17) is 14.6 Å². The highest BCUT2D eigenvalue weighted by atomic mass is 16.7. The topological polar surface area (TPSA) is 79.2 Å². The molecule has 2 aliphatic rings. The highest BCUT2D eigenvalue weighted by molar-refractivity contribution is 5.65. The summed E-state index contributed by atoms with van der Waals surface area (Å²) < 4.78 is 11.1. The number of carboxylic acid groups (broad SMARTS) is 1. The molecule has 0 aromatic carbocycles. The van der Waals surface area contributed by atoms with Crippen LogP contribution in [0, 0.1) is 0 Å². The van der Waals surface area contributed by atoms with E-state index in [2.05, 4.69) is 0 Å². The molecule has 2 N–H and O–H groups in total. The molecule has 0 aliphatic carbocycles. The summed E-state index contributed by atoms with van der Waals surface area (Å²) in [7, 11) is 0. The highest BCUT2D eigenvalue weighted by Gasteiger charge is 2.47. The lowest BCUT2D eigenvalue weighted by Crippen LogP contribution is -2.52. The summed E-state index contributed by atoms with van der Waals surface area (Å²) in [6, 6.07) is 0. The van der Waals surface area contributed by atoms with Crippen molar-refractivity contribution in [2.45, 2.75) is 37.9 Å². The zero-order chi connectivity index (χ0) is 11.1. The molecule has 0 radical (unpaired) electrons. The van der Waals surface area contributed by atoms with Crippen molar-refractivity contribution in [2.24, 2.45) is 0 Å². The number of ether oxygens (including phenoxy) is 2. The molecule has 2 saturated heterocycles. The number of rotatable bonds is 0. The minimum Gasteiger partial charge on any atom is -0.465 e. The average molecular weight is 217 g/mol. The van der Waals surface area contributed by atoms with Crippen molar-refractivity contribution < 1.29 is 24.5 Å². The SMILES string of the molecule is CC1COC2(CCN(C(=O)O)C(O)C2)O1. The summed E-state index contributed by atoms with van der Waals surface area (Å²) in [6.07, 6.45) is -1.48. The van der Waals surface area contributed by atoms with E-state index in [-0.39, 0.29) is 19.1 Å². The van der Waals surface area contributed by atoms with Crippen molar-refractivity contribution in [2.75, 3.05) is 13.2 Å².